The molecule has 0 radical (unpaired) electrons. The van der Waals surface area contributed by atoms with Crippen LogP contribution in [0, 0.1) is 20.8 Å². The molecule has 0 saturated heterocycles. The van der Waals surface area contributed by atoms with E-state index in [0.29, 0.717) is 5.02 Å². The highest BCUT2D eigenvalue weighted by Crippen LogP contribution is 2.28. The molecule has 2 aromatic carbocycles. The topological polar surface area (TPSA) is 42.2 Å². The number of halogens is 1. The highest BCUT2D eigenvalue weighted by Gasteiger charge is 2.13. The first kappa shape index (κ1) is 15.6. The number of hydrogen-bond acceptors (Lipinski definition) is 2. The number of aryl methyl sites for hydroxylation is 3. The molecule has 0 unspecified atom stereocenters. The van der Waals surface area contributed by atoms with E-state index in [1.165, 1.54) is 0 Å². The number of furan rings is 1. The van der Waals surface area contributed by atoms with Crippen LogP contribution in [0.2, 0.25) is 5.02 Å². The van der Waals surface area contributed by atoms with Gasteiger partial charge in [-0.25, -0.2) is 0 Å². The number of rotatable bonds is 3. The number of fused-ring (bicyclic) bond motifs is 1. The average Bonchev–Trinajstić information content (AvgIpc) is 2.85. The van der Waals surface area contributed by atoms with E-state index in [0.717, 1.165) is 38.9 Å². The molecular weight excluding hydrogens is 310 g/mol. The number of benzene rings is 2. The quantitative estimate of drug-likeness (QED) is 0.719. The summed E-state index contributed by atoms with van der Waals surface area (Å²) in [7, 11) is 0. The Bertz CT molecular complexity index is 896. The third-order valence-electron chi connectivity index (χ3n) is 3.95. The Balaban J connectivity index is 1.83. The second kappa shape index (κ2) is 6.09. The minimum absolute atomic E-state index is 0.0712. The van der Waals surface area contributed by atoms with E-state index >= 15 is 0 Å². The van der Waals surface area contributed by atoms with Crippen molar-refractivity contribution in [3.63, 3.8) is 0 Å². The molecule has 3 nitrogen and oxygen atoms in total. The molecule has 0 aliphatic rings. The summed E-state index contributed by atoms with van der Waals surface area (Å²) in [5, 5.41) is 4.53. The van der Waals surface area contributed by atoms with Gasteiger partial charge in [-0.15, -0.1) is 0 Å². The fourth-order valence-electron chi connectivity index (χ4n) is 2.58. The maximum Gasteiger partial charge on any atom is 0.228 e. The molecule has 0 aliphatic carbocycles. The summed E-state index contributed by atoms with van der Waals surface area (Å²) < 4.78 is 5.54. The van der Waals surface area contributed by atoms with Gasteiger partial charge in [-0.3, -0.25) is 4.79 Å². The van der Waals surface area contributed by atoms with Gasteiger partial charge in [-0.05, 0) is 55.7 Å². The molecule has 1 amide bonds. The monoisotopic (exact) mass is 327 g/mol. The summed E-state index contributed by atoms with van der Waals surface area (Å²) in [4.78, 5) is 12.4. The van der Waals surface area contributed by atoms with Gasteiger partial charge in [0.25, 0.3) is 0 Å². The third kappa shape index (κ3) is 3.25. The Morgan fingerprint density at radius 2 is 1.91 bits per heavy atom. The minimum Gasteiger partial charge on any atom is -0.464 e. The summed E-state index contributed by atoms with van der Waals surface area (Å²) in [5.41, 5.74) is 5.55. The summed E-state index contributed by atoms with van der Waals surface area (Å²) in [6.45, 7) is 5.91. The summed E-state index contributed by atoms with van der Waals surface area (Å²) in [5.74, 6) is -0.0712. The average molecular weight is 328 g/mol. The predicted molar refractivity (Wildman–Crippen MR) is 94.2 cm³/mol. The maximum atomic E-state index is 12.4. The van der Waals surface area contributed by atoms with E-state index in [1.807, 2.05) is 51.1 Å². The smallest absolute Gasteiger partial charge is 0.228 e. The van der Waals surface area contributed by atoms with E-state index in [9.17, 15) is 4.79 Å². The van der Waals surface area contributed by atoms with Gasteiger partial charge in [0.1, 0.15) is 5.58 Å². The first-order chi connectivity index (χ1) is 10.9. The highest BCUT2D eigenvalue weighted by atomic mass is 35.5. The van der Waals surface area contributed by atoms with E-state index in [-0.39, 0.29) is 12.3 Å². The van der Waals surface area contributed by atoms with Crippen LogP contribution in [0.15, 0.2) is 41.0 Å². The van der Waals surface area contributed by atoms with E-state index in [2.05, 4.69) is 5.32 Å². The molecule has 0 fully saturated rings. The Labute approximate surface area is 140 Å². The zero-order chi connectivity index (χ0) is 16.6. The van der Waals surface area contributed by atoms with Crippen molar-refractivity contribution >= 4 is 34.2 Å². The van der Waals surface area contributed by atoms with E-state index in [4.69, 9.17) is 16.0 Å². The minimum atomic E-state index is -0.0712. The van der Waals surface area contributed by atoms with Crippen molar-refractivity contribution in [1.82, 2.24) is 0 Å². The number of anilines is 1. The number of hydrogen-bond donors (Lipinski definition) is 1. The van der Waals surface area contributed by atoms with Crippen molar-refractivity contribution in [3.8, 4) is 0 Å². The molecule has 0 aliphatic heterocycles. The molecule has 0 spiro atoms. The van der Waals surface area contributed by atoms with Crippen molar-refractivity contribution in [2.45, 2.75) is 27.2 Å². The molecule has 1 N–H and O–H groups in total. The molecule has 3 rings (SSSR count). The molecule has 0 atom stereocenters. The molecule has 0 bridgehead atoms. The van der Waals surface area contributed by atoms with Crippen LogP contribution in [0.5, 0.6) is 0 Å². The molecule has 118 valence electrons. The van der Waals surface area contributed by atoms with Crippen LogP contribution < -0.4 is 5.32 Å². The largest absolute Gasteiger partial charge is 0.464 e. The number of carbonyl (C=O) groups excluding carboxylic acids is 1. The second-order valence-electron chi connectivity index (χ2n) is 5.90. The normalized spacial score (nSPS) is 11.0. The van der Waals surface area contributed by atoms with Gasteiger partial charge >= 0.3 is 0 Å². The predicted octanol–water partition coefficient (Wildman–Crippen LogP) is 5.19. The molecule has 4 heteroatoms. The lowest BCUT2D eigenvalue weighted by Gasteiger charge is -2.09. The van der Waals surface area contributed by atoms with Crippen LogP contribution in [0.3, 0.4) is 0 Å². The number of carbonyl (C=O) groups is 1. The van der Waals surface area contributed by atoms with Gasteiger partial charge in [-0.1, -0.05) is 23.7 Å². The first-order valence-electron chi connectivity index (χ1n) is 7.47. The van der Waals surface area contributed by atoms with Crippen molar-refractivity contribution in [1.29, 1.82) is 0 Å². The van der Waals surface area contributed by atoms with Crippen molar-refractivity contribution < 1.29 is 9.21 Å². The third-order valence-corrected chi connectivity index (χ3v) is 4.36. The van der Waals surface area contributed by atoms with E-state index < -0.39 is 0 Å². The molecule has 0 saturated carbocycles. The molecule has 1 aromatic heterocycles. The first-order valence-corrected chi connectivity index (χ1v) is 7.85. The zero-order valence-corrected chi connectivity index (χ0v) is 14.1. The van der Waals surface area contributed by atoms with Crippen LogP contribution in [0.25, 0.3) is 11.0 Å². The Morgan fingerprint density at radius 3 is 2.70 bits per heavy atom. The van der Waals surface area contributed by atoms with Gasteiger partial charge in [0.05, 0.1) is 12.7 Å². The van der Waals surface area contributed by atoms with Crippen molar-refractivity contribution in [3.05, 3.63) is 63.9 Å². The van der Waals surface area contributed by atoms with Gasteiger partial charge in [0.2, 0.25) is 5.91 Å². The van der Waals surface area contributed by atoms with E-state index in [1.54, 1.807) is 6.26 Å². The van der Waals surface area contributed by atoms with Gasteiger partial charge in [0, 0.05) is 21.7 Å². The number of amides is 1. The number of nitrogens with one attached hydrogen (secondary N) is 1. The molecule has 3 aromatic rings. The summed E-state index contributed by atoms with van der Waals surface area (Å²) in [6, 6.07) is 9.75. The van der Waals surface area contributed by atoms with Crippen LogP contribution in [0.1, 0.15) is 22.3 Å². The summed E-state index contributed by atoms with van der Waals surface area (Å²) >= 11 is 6.18. The lowest BCUT2D eigenvalue weighted by atomic mass is 10.1. The molecule has 23 heavy (non-hydrogen) atoms. The van der Waals surface area contributed by atoms with Gasteiger partial charge in [-0.2, -0.15) is 0 Å². The maximum absolute atomic E-state index is 12.4. The molecule has 1 heterocycles. The van der Waals surface area contributed by atoms with Gasteiger partial charge in [0.15, 0.2) is 0 Å². The van der Waals surface area contributed by atoms with Crippen LogP contribution in [-0.4, -0.2) is 5.91 Å². The zero-order valence-electron chi connectivity index (χ0n) is 13.4. The van der Waals surface area contributed by atoms with Crippen molar-refractivity contribution in [2.75, 3.05) is 5.32 Å². The van der Waals surface area contributed by atoms with Crippen LogP contribution in [-0.2, 0) is 11.2 Å². The Hall–Kier alpha value is -2.26. The van der Waals surface area contributed by atoms with Crippen molar-refractivity contribution in [2.24, 2.45) is 0 Å². The lowest BCUT2D eigenvalue weighted by Crippen LogP contribution is -2.15. The fourth-order valence-corrected chi connectivity index (χ4v) is 2.74. The van der Waals surface area contributed by atoms with Crippen LogP contribution in [0.4, 0.5) is 5.69 Å². The highest BCUT2D eigenvalue weighted by molar-refractivity contribution is 6.32. The fraction of sp³-hybridized carbons (Fsp3) is 0.211. The summed E-state index contributed by atoms with van der Waals surface area (Å²) in [6.07, 6.45) is 1.88. The van der Waals surface area contributed by atoms with Gasteiger partial charge < -0.3 is 9.73 Å². The lowest BCUT2D eigenvalue weighted by molar-refractivity contribution is -0.115. The molecular formula is C19H18ClNO2. The Morgan fingerprint density at radius 1 is 1.13 bits per heavy atom. The standard InChI is InChI=1S/C19H18ClNO2/c1-11-4-5-12(2)17(6-11)21-19(22)8-14-10-23-18-7-13(3)16(20)9-15(14)18/h4-7,9-10H,8H2,1-3H3,(H,21,22). The Kier molecular flexibility index (Phi) is 4.14. The SMILES string of the molecule is Cc1ccc(C)c(NC(=O)Cc2coc3cc(C)c(Cl)cc23)c1. The van der Waals surface area contributed by atoms with Crippen LogP contribution >= 0.6 is 11.6 Å². The second-order valence-corrected chi connectivity index (χ2v) is 6.31.